The van der Waals surface area contributed by atoms with Crippen LogP contribution in [0.4, 0.5) is 0 Å². The van der Waals surface area contributed by atoms with Crippen molar-refractivity contribution < 1.29 is 4.79 Å². The van der Waals surface area contributed by atoms with Crippen molar-refractivity contribution in [3.05, 3.63) is 35.9 Å². The Morgan fingerprint density at radius 1 is 1.22 bits per heavy atom. The summed E-state index contributed by atoms with van der Waals surface area (Å²) in [5.74, 6) is 1.96. The molecule has 1 rings (SSSR count). The van der Waals surface area contributed by atoms with E-state index in [1.165, 1.54) is 5.56 Å². The second-order valence-electron chi connectivity index (χ2n) is 6.39. The Kier molecular flexibility index (Phi) is 10.0. The fourth-order valence-electron chi connectivity index (χ4n) is 2.53. The number of carbonyl (C=O) groups excluding carboxylic acids is 1. The Morgan fingerprint density at radius 3 is 2.48 bits per heavy atom. The average molecular weight is 337 g/mol. The number of amides is 1. The van der Waals surface area contributed by atoms with E-state index in [4.69, 9.17) is 0 Å². The van der Waals surface area contributed by atoms with Crippen molar-refractivity contribution in [1.29, 1.82) is 0 Å². The Hall–Kier alpha value is -1.00. The molecule has 1 atom stereocenters. The molecule has 0 unspecified atom stereocenters. The van der Waals surface area contributed by atoms with Gasteiger partial charge in [-0.05, 0) is 49.8 Å². The quantitative estimate of drug-likeness (QED) is 0.628. The van der Waals surface area contributed by atoms with E-state index < -0.39 is 0 Å². The van der Waals surface area contributed by atoms with E-state index in [-0.39, 0.29) is 11.9 Å². The number of benzene rings is 1. The smallest absolute Gasteiger partial charge is 0.240 e. The first-order valence-corrected chi connectivity index (χ1v) is 9.96. The van der Waals surface area contributed by atoms with Gasteiger partial charge in [-0.3, -0.25) is 4.79 Å². The molecule has 0 fully saturated rings. The lowest BCUT2D eigenvalue weighted by Gasteiger charge is -2.28. The first-order valence-electron chi connectivity index (χ1n) is 8.57. The van der Waals surface area contributed by atoms with Gasteiger partial charge in [-0.1, -0.05) is 44.2 Å². The van der Waals surface area contributed by atoms with Crippen LogP contribution in [0, 0.1) is 5.92 Å². The lowest BCUT2D eigenvalue weighted by Crippen LogP contribution is -2.47. The maximum Gasteiger partial charge on any atom is 0.240 e. The lowest BCUT2D eigenvalue weighted by atomic mass is 10.0. The summed E-state index contributed by atoms with van der Waals surface area (Å²) >= 11 is 1.84. The van der Waals surface area contributed by atoms with Crippen molar-refractivity contribution >= 4 is 17.7 Å². The van der Waals surface area contributed by atoms with Gasteiger partial charge in [0.25, 0.3) is 0 Å². The van der Waals surface area contributed by atoms with Crippen molar-refractivity contribution in [3.63, 3.8) is 0 Å². The zero-order chi connectivity index (χ0) is 17.1. The van der Waals surface area contributed by atoms with Gasteiger partial charge in [-0.15, -0.1) is 0 Å². The second-order valence-corrected chi connectivity index (χ2v) is 7.37. The van der Waals surface area contributed by atoms with Crippen LogP contribution >= 0.6 is 11.8 Å². The number of carbonyl (C=O) groups is 1. The van der Waals surface area contributed by atoms with Crippen LogP contribution in [-0.4, -0.2) is 49.0 Å². The van der Waals surface area contributed by atoms with Crippen LogP contribution in [0.25, 0.3) is 0 Å². The van der Waals surface area contributed by atoms with Gasteiger partial charge in [-0.2, -0.15) is 11.8 Å². The van der Waals surface area contributed by atoms with Gasteiger partial charge >= 0.3 is 0 Å². The fourth-order valence-corrected chi connectivity index (χ4v) is 2.95. The Balaban J connectivity index is 2.69. The highest BCUT2D eigenvalue weighted by Crippen LogP contribution is 2.10. The van der Waals surface area contributed by atoms with Crippen molar-refractivity contribution in [3.8, 4) is 0 Å². The highest BCUT2D eigenvalue weighted by atomic mass is 32.2. The van der Waals surface area contributed by atoms with Crippen LogP contribution in [0.3, 0.4) is 0 Å². The summed E-state index contributed by atoms with van der Waals surface area (Å²) in [6.07, 6.45) is 4.99. The summed E-state index contributed by atoms with van der Waals surface area (Å²) in [5, 5.41) is 3.21. The Morgan fingerprint density at radius 2 is 1.91 bits per heavy atom. The molecule has 1 N–H and O–H groups in total. The van der Waals surface area contributed by atoms with Gasteiger partial charge in [0.05, 0.1) is 6.04 Å². The molecule has 0 aromatic heterocycles. The molecule has 0 aliphatic heterocycles. The van der Waals surface area contributed by atoms with E-state index >= 15 is 0 Å². The van der Waals surface area contributed by atoms with Crippen LogP contribution in [0.2, 0.25) is 0 Å². The minimum absolute atomic E-state index is 0.140. The monoisotopic (exact) mass is 336 g/mol. The van der Waals surface area contributed by atoms with Crippen LogP contribution in [0.1, 0.15) is 32.3 Å². The minimum Gasteiger partial charge on any atom is -0.341 e. The molecule has 0 saturated heterocycles. The molecule has 0 spiro atoms. The number of hydrogen-bond acceptors (Lipinski definition) is 3. The molecule has 23 heavy (non-hydrogen) atoms. The summed E-state index contributed by atoms with van der Waals surface area (Å²) in [7, 11) is 1.88. The number of thioether (sulfide) groups is 1. The van der Waals surface area contributed by atoms with Crippen LogP contribution in [0.5, 0.6) is 0 Å². The standard InChI is InChI=1S/C19H32N2OS/c1-16(2)11-13-21(12-8-14-23-4)19(22)18(20-3)15-17-9-6-5-7-10-17/h5-7,9-10,16,18,20H,8,11-15H2,1-4H3/t18-/m0/s1. The van der Waals surface area contributed by atoms with E-state index in [1.54, 1.807) is 0 Å². The summed E-state index contributed by atoms with van der Waals surface area (Å²) in [6, 6.07) is 10.1. The highest BCUT2D eigenvalue weighted by molar-refractivity contribution is 7.98. The summed E-state index contributed by atoms with van der Waals surface area (Å²) < 4.78 is 0. The van der Waals surface area contributed by atoms with Crippen molar-refractivity contribution in [2.75, 3.05) is 32.1 Å². The van der Waals surface area contributed by atoms with Gasteiger partial charge in [0, 0.05) is 13.1 Å². The molecule has 0 aliphatic rings. The third-order valence-electron chi connectivity index (χ3n) is 3.99. The maximum absolute atomic E-state index is 12.9. The van der Waals surface area contributed by atoms with Crippen molar-refractivity contribution in [1.82, 2.24) is 10.2 Å². The molecule has 4 heteroatoms. The molecule has 0 aliphatic carbocycles. The zero-order valence-corrected chi connectivity index (χ0v) is 15.9. The largest absolute Gasteiger partial charge is 0.341 e. The molecule has 1 aromatic rings. The Bertz CT molecular complexity index is 436. The van der Waals surface area contributed by atoms with E-state index in [9.17, 15) is 4.79 Å². The number of hydrogen-bond donors (Lipinski definition) is 1. The summed E-state index contributed by atoms with van der Waals surface area (Å²) in [4.78, 5) is 15.0. The number of likely N-dealkylation sites (N-methyl/N-ethyl adjacent to an activating group) is 1. The molecule has 0 bridgehead atoms. The molecule has 130 valence electrons. The van der Waals surface area contributed by atoms with Gasteiger partial charge in [0.1, 0.15) is 0 Å². The normalized spacial score (nSPS) is 12.4. The van der Waals surface area contributed by atoms with E-state index in [0.717, 1.165) is 38.1 Å². The fraction of sp³-hybridized carbons (Fsp3) is 0.632. The van der Waals surface area contributed by atoms with E-state index in [1.807, 2.05) is 37.0 Å². The first-order chi connectivity index (χ1) is 11.1. The second kappa shape index (κ2) is 11.5. The lowest BCUT2D eigenvalue weighted by molar-refractivity contribution is -0.133. The topological polar surface area (TPSA) is 32.3 Å². The predicted molar refractivity (Wildman–Crippen MR) is 102 cm³/mol. The van der Waals surface area contributed by atoms with Crippen LogP contribution < -0.4 is 5.32 Å². The molecular weight excluding hydrogens is 304 g/mol. The zero-order valence-electron chi connectivity index (χ0n) is 15.0. The SMILES string of the molecule is CN[C@@H](Cc1ccccc1)C(=O)N(CCCSC)CCC(C)C. The molecule has 0 radical (unpaired) electrons. The number of nitrogens with one attached hydrogen (secondary N) is 1. The number of rotatable bonds is 11. The van der Waals surface area contributed by atoms with E-state index in [0.29, 0.717) is 5.92 Å². The summed E-state index contributed by atoms with van der Waals surface area (Å²) in [6.45, 7) is 6.14. The van der Waals surface area contributed by atoms with Gasteiger partial charge in [0.2, 0.25) is 5.91 Å². The minimum atomic E-state index is -0.140. The van der Waals surface area contributed by atoms with Gasteiger partial charge in [-0.25, -0.2) is 0 Å². The third-order valence-corrected chi connectivity index (χ3v) is 4.69. The molecule has 1 aromatic carbocycles. The molecule has 0 heterocycles. The molecular formula is C19H32N2OS. The average Bonchev–Trinajstić information content (AvgIpc) is 2.56. The maximum atomic E-state index is 12.9. The molecule has 1 amide bonds. The van der Waals surface area contributed by atoms with Crippen molar-refractivity contribution in [2.24, 2.45) is 5.92 Å². The van der Waals surface area contributed by atoms with Crippen LogP contribution in [-0.2, 0) is 11.2 Å². The van der Waals surface area contributed by atoms with E-state index in [2.05, 4.69) is 42.5 Å². The van der Waals surface area contributed by atoms with Crippen LogP contribution in [0.15, 0.2) is 30.3 Å². The molecule has 3 nitrogen and oxygen atoms in total. The van der Waals surface area contributed by atoms with Gasteiger partial charge in [0.15, 0.2) is 0 Å². The van der Waals surface area contributed by atoms with Crippen molar-refractivity contribution in [2.45, 2.75) is 39.2 Å². The third kappa shape index (κ3) is 7.89. The number of nitrogens with zero attached hydrogens (tertiary/aromatic N) is 1. The van der Waals surface area contributed by atoms with Gasteiger partial charge < -0.3 is 10.2 Å². The predicted octanol–water partition coefficient (Wildman–Crippen LogP) is 3.44. The summed E-state index contributed by atoms with van der Waals surface area (Å²) in [5.41, 5.74) is 1.20. The Labute approximate surface area is 146 Å². The molecule has 0 saturated carbocycles. The first kappa shape index (κ1) is 20.0. The highest BCUT2D eigenvalue weighted by Gasteiger charge is 2.23.